The highest BCUT2D eigenvalue weighted by atomic mass is 16.5. The number of amides is 1. The fourth-order valence-corrected chi connectivity index (χ4v) is 4.02. The summed E-state index contributed by atoms with van der Waals surface area (Å²) in [5, 5.41) is 8.24. The summed E-state index contributed by atoms with van der Waals surface area (Å²) in [6, 6.07) is 6.06. The van der Waals surface area contributed by atoms with Crippen molar-refractivity contribution in [3.05, 3.63) is 35.5 Å². The Labute approximate surface area is 178 Å². The van der Waals surface area contributed by atoms with Crippen LogP contribution in [0.2, 0.25) is 0 Å². The molecule has 2 aromatic rings. The van der Waals surface area contributed by atoms with Crippen molar-refractivity contribution < 1.29 is 18.7 Å². The molecule has 0 unspecified atom stereocenters. The van der Waals surface area contributed by atoms with Gasteiger partial charge >= 0.3 is 0 Å². The predicted molar refractivity (Wildman–Crippen MR) is 113 cm³/mol. The lowest BCUT2D eigenvalue weighted by atomic mass is 10.1. The first-order chi connectivity index (χ1) is 14.6. The van der Waals surface area contributed by atoms with Crippen LogP contribution < -0.4 is 9.47 Å². The molecule has 1 aromatic heterocycles. The zero-order chi connectivity index (χ0) is 21.5. The molecule has 164 valence electrons. The second kappa shape index (κ2) is 10.4. The summed E-state index contributed by atoms with van der Waals surface area (Å²) in [6.07, 6.45) is 2.32. The van der Waals surface area contributed by atoms with E-state index in [0.29, 0.717) is 37.1 Å². The lowest BCUT2D eigenvalue weighted by Gasteiger charge is -2.26. The second-order valence-electron chi connectivity index (χ2n) is 7.45. The normalized spacial score (nSPS) is 16.3. The molecule has 30 heavy (non-hydrogen) atoms. The topological polar surface area (TPSA) is 80.9 Å². The molecular weight excluding hydrogens is 384 g/mol. The van der Waals surface area contributed by atoms with E-state index in [1.54, 1.807) is 14.2 Å². The highest BCUT2D eigenvalue weighted by Gasteiger charge is 2.29. The van der Waals surface area contributed by atoms with Gasteiger partial charge in [0, 0.05) is 37.5 Å². The van der Waals surface area contributed by atoms with Gasteiger partial charge in [0.05, 0.1) is 20.6 Å². The molecule has 0 N–H and O–H groups in total. The molecular formula is C22H32N4O4. The first kappa shape index (κ1) is 22.1. The van der Waals surface area contributed by atoms with Gasteiger partial charge in [0.1, 0.15) is 11.5 Å². The number of likely N-dealkylation sites (tertiary alicyclic amines) is 1. The summed E-state index contributed by atoms with van der Waals surface area (Å²) in [6.45, 7) is 8.01. The molecule has 1 amide bonds. The van der Waals surface area contributed by atoms with E-state index in [4.69, 9.17) is 13.9 Å². The molecule has 1 atom stereocenters. The Balaban J connectivity index is 1.53. The average Bonchev–Trinajstić information content (AvgIpc) is 3.43. The molecule has 3 rings (SSSR count). The SMILES string of the molecule is CCN(CC)[C@H]1CCN(C(=O)CCc2nnc(Cc3cc(OC)ccc3OC)o2)C1. The number of carbonyl (C=O) groups excluding carboxylic acids is 1. The van der Waals surface area contributed by atoms with Crippen LogP contribution in [0.25, 0.3) is 0 Å². The van der Waals surface area contributed by atoms with E-state index in [1.165, 1.54) is 0 Å². The Morgan fingerprint density at radius 1 is 1.20 bits per heavy atom. The van der Waals surface area contributed by atoms with Crippen LogP contribution in [0.3, 0.4) is 0 Å². The van der Waals surface area contributed by atoms with Crippen LogP contribution in [0.5, 0.6) is 11.5 Å². The third-order valence-electron chi connectivity index (χ3n) is 5.74. The van der Waals surface area contributed by atoms with E-state index in [2.05, 4.69) is 28.9 Å². The third-order valence-corrected chi connectivity index (χ3v) is 5.74. The molecule has 1 aliphatic rings. The average molecular weight is 417 g/mol. The lowest BCUT2D eigenvalue weighted by Crippen LogP contribution is -2.38. The second-order valence-corrected chi connectivity index (χ2v) is 7.45. The van der Waals surface area contributed by atoms with Gasteiger partial charge in [0.2, 0.25) is 17.7 Å². The molecule has 0 bridgehead atoms. The number of likely N-dealkylation sites (N-methyl/N-ethyl adjacent to an activating group) is 1. The van der Waals surface area contributed by atoms with Gasteiger partial charge in [-0.15, -0.1) is 10.2 Å². The van der Waals surface area contributed by atoms with Crippen LogP contribution in [-0.2, 0) is 17.6 Å². The standard InChI is InChI=1S/C22H32N4O4/c1-5-25(6-2)17-11-12-26(15-17)22(27)10-9-20-23-24-21(30-20)14-16-13-18(28-3)7-8-19(16)29-4/h7-8,13,17H,5-6,9-12,14-15H2,1-4H3/t17-/m0/s1. The number of carbonyl (C=O) groups is 1. The van der Waals surface area contributed by atoms with E-state index in [1.807, 2.05) is 23.1 Å². The minimum absolute atomic E-state index is 0.152. The van der Waals surface area contributed by atoms with Crippen LogP contribution in [0.4, 0.5) is 0 Å². The van der Waals surface area contributed by atoms with Gasteiger partial charge in [-0.05, 0) is 37.7 Å². The van der Waals surface area contributed by atoms with Gasteiger partial charge in [-0.3, -0.25) is 9.69 Å². The van der Waals surface area contributed by atoms with E-state index in [0.717, 1.165) is 49.7 Å². The number of nitrogens with zero attached hydrogens (tertiary/aromatic N) is 4. The monoisotopic (exact) mass is 416 g/mol. The predicted octanol–water partition coefficient (Wildman–Crippen LogP) is 2.55. The molecule has 0 spiro atoms. The molecule has 1 fully saturated rings. The number of aryl methyl sites for hydroxylation is 1. The summed E-state index contributed by atoms with van der Waals surface area (Å²) >= 11 is 0. The molecule has 1 aromatic carbocycles. The van der Waals surface area contributed by atoms with Crippen molar-refractivity contribution in [1.29, 1.82) is 0 Å². The van der Waals surface area contributed by atoms with Crippen molar-refractivity contribution in [2.75, 3.05) is 40.4 Å². The van der Waals surface area contributed by atoms with E-state index in [9.17, 15) is 4.79 Å². The summed E-state index contributed by atoms with van der Waals surface area (Å²) in [4.78, 5) is 17.0. The van der Waals surface area contributed by atoms with Gasteiger partial charge in [-0.2, -0.15) is 0 Å². The van der Waals surface area contributed by atoms with E-state index < -0.39 is 0 Å². The molecule has 1 saturated heterocycles. The summed E-state index contributed by atoms with van der Waals surface area (Å²) in [5.41, 5.74) is 0.905. The Morgan fingerprint density at radius 2 is 1.97 bits per heavy atom. The van der Waals surface area contributed by atoms with Gasteiger partial charge in [-0.1, -0.05) is 13.8 Å². The third kappa shape index (κ3) is 5.30. The van der Waals surface area contributed by atoms with E-state index >= 15 is 0 Å². The van der Waals surface area contributed by atoms with Gasteiger partial charge in [0.15, 0.2) is 0 Å². The zero-order valence-corrected chi connectivity index (χ0v) is 18.4. The number of rotatable bonds is 10. The van der Waals surface area contributed by atoms with Crippen molar-refractivity contribution >= 4 is 5.91 Å². The first-order valence-corrected chi connectivity index (χ1v) is 10.6. The fourth-order valence-electron chi connectivity index (χ4n) is 4.02. The van der Waals surface area contributed by atoms with Crippen LogP contribution in [-0.4, -0.2) is 72.3 Å². The molecule has 2 heterocycles. The Morgan fingerprint density at radius 3 is 2.67 bits per heavy atom. The molecule has 1 aliphatic heterocycles. The van der Waals surface area contributed by atoms with Crippen molar-refractivity contribution in [3.63, 3.8) is 0 Å². The van der Waals surface area contributed by atoms with Crippen molar-refractivity contribution in [3.8, 4) is 11.5 Å². The van der Waals surface area contributed by atoms with Crippen molar-refractivity contribution in [1.82, 2.24) is 20.0 Å². The fraction of sp³-hybridized carbons (Fsp3) is 0.591. The number of hydrogen-bond donors (Lipinski definition) is 0. The smallest absolute Gasteiger partial charge is 0.223 e. The Bertz CT molecular complexity index is 834. The minimum atomic E-state index is 0.152. The number of hydrogen-bond acceptors (Lipinski definition) is 7. The van der Waals surface area contributed by atoms with Crippen LogP contribution in [0.1, 0.15) is 44.0 Å². The lowest BCUT2D eigenvalue weighted by molar-refractivity contribution is -0.130. The summed E-state index contributed by atoms with van der Waals surface area (Å²) < 4.78 is 16.5. The van der Waals surface area contributed by atoms with Crippen molar-refractivity contribution in [2.45, 2.75) is 45.6 Å². The molecule has 0 aliphatic carbocycles. The number of aromatic nitrogens is 2. The summed E-state index contributed by atoms with van der Waals surface area (Å²) in [5.74, 6) is 2.61. The van der Waals surface area contributed by atoms with Crippen LogP contribution in [0.15, 0.2) is 22.6 Å². The molecule has 8 heteroatoms. The number of benzene rings is 1. The van der Waals surface area contributed by atoms with E-state index in [-0.39, 0.29) is 5.91 Å². The van der Waals surface area contributed by atoms with Gasteiger partial charge < -0.3 is 18.8 Å². The van der Waals surface area contributed by atoms with Crippen molar-refractivity contribution in [2.24, 2.45) is 0 Å². The number of ether oxygens (including phenoxy) is 2. The molecule has 0 saturated carbocycles. The van der Waals surface area contributed by atoms with Gasteiger partial charge in [-0.25, -0.2) is 0 Å². The highest BCUT2D eigenvalue weighted by Crippen LogP contribution is 2.26. The maximum absolute atomic E-state index is 12.6. The molecule has 0 radical (unpaired) electrons. The minimum Gasteiger partial charge on any atom is -0.497 e. The first-order valence-electron chi connectivity index (χ1n) is 10.6. The summed E-state index contributed by atoms with van der Waals surface area (Å²) in [7, 11) is 3.25. The Hall–Kier alpha value is -2.61. The van der Waals surface area contributed by atoms with Crippen LogP contribution >= 0.6 is 0 Å². The zero-order valence-electron chi connectivity index (χ0n) is 18.4. The Kier molecular flexibility index (Phi) is 7.68. The number of methoxy groups -OCH3 is 2. The quantitative estimate of drug-likeness (QED) is 0.589. The van der Waals surface area contributed by atoms with Gasteiger partial charge in [0.25, 0.3) is 0 Å². The molecule has 8 nitrogen and oxygen atoms in total. The highest BCUT2D eigenvalue weighted by molar-refractivity contribution is 5.76. The maximum atomic E-state index is 12.6. The van der Waals surface area contributed by atoms with Crippen LogP contribution in [0, 0.1) is 0 Å². The maximum Gasteiger partial charge on any atom is 0.223 e. The largest absolute Gasteiger partial charge is 0.497 e.